The average Bonchev–Trinajstić information content (AvgIpc) is 3.39. The van der Waals surface area contributed by atoms with Crippen LogP contribution in [0.25, 0.3) is 11.3 Å². The summed E-state index contributed by atoms with van der Waals surface area (Å²) in [6, 6.07) is 6.59. The number of oxazole rings is 1. The molecule has 1 aliphatic carbocycles. The Morgan fingerprint density at radius 2 is 1.82 bits per heavy atom. The molecule has 1 amide bonds. The highest BCUT2D eigenvalue weighted by molar-refractivity contribution is 6.15. The Bertz CT molecular complexity index is 1230. The molecule has 4 rings (SSSR count). The van der Waals surface area contributed by atoms with Crippen LogP contribution in [0.3, 0.4) is 0 Å². The summed E-state index contributed by atoms with van der Waals surface area (Å²) in [7, 11) is 1.17. The molecule has 2 aromatic rings. The number of nitrogens with two attached hydrogens (primary N) is 1. The Balaban J connectivity index is 2.06. The number of carbonyl (C=O) groups excluding carboxylic acids is 4. The standard InChI is InChI=1S/C23H23N3O8/c1-4-32-15(27)10-14-17(20(29)33-5-2)23(21(30)26(14)11-16(28)31-3)13-9-7-6-8-12(13)18-19(23)25-22(24)34-18/h6-9H,4-5,10-11H2,1-3H3,(H2,24,25)/t23-/m1/s1. The molecule has 2 heterocycles. The van der Waals surface area contributed by atoms with Gasteiger partial charge in [0.1, 0.15) is 12.2 Å². The lowest BCUT2D eigenvalue weighted by atomic mass is 9.74. The number of esters is 3. The molecule has 0 saturated heterocycles. The van der Waals surface area contributed by atoms with E-state index in [1.165, 1.54) is 7.11 Å². The van der Waals surface area contributed by atoms with Crippen LogP contribution in [-0.2, 0) is 38.8 Å². The molecule has 1 atom stereocenters. The second kappa shape index (κ2) is 8.65. The van der Waals surface area contributed by atoms with Crippen molar-refractivity contribution in [3.05, 3.63) is 46.8 Å². The maximum absolute atomic E-state index is 14.2. The Labute approximate surface area is 194 Å². The van der Waals surface area contributed by atoms with Crippen molar-refractivity contribution in [2.75, 3.05) is 32.6 Å². The molecule has 0 unspecified atom stereocenters. The van der Waals surface area contributed by atoms with Crippen molar-refractivity contribution in [3.63, 3.8) is 0 Å². The van der Waals surface area contributed by atoms with Crippen molar-refractivity contribution in [2.24, 2.45) is 0 Å². The molecule has 0 radical (unpaired) electrons. The van der Waals surface area contributed by atoms with Gasteiger partial charge in [0.15, 0.2) is 11.2 Å². The second-order valence-corrected chi connectivity index (χ2v) is 7.52. The van der Waals surface area contributed by atoms with Crippen molar-refractivity contribution in [2.45, 2.75) is 25.7 Å². The summed E-state index contributed by atoms with van der Waals surface area (Å²) in [6.07, 6.45) is -0.461. The van der Waals surface area contributed by atoms with Crippen LogP contribution in [0.4, 0.5) is 6.01 Å². The molecular weight excluding hydrogens is 446 g/mol. The molecule has 11 heteroatoms. The van der Waals surface area contributed by atoms with Gasteiger partial charge in [0, 0.05) is 11.3 Å². The van der Waals surface area contributed by atoms with Crippen LogP contribution in [0.5, 0.6) is 0 Å². The van der Waals surface area contributed by atoms with Gasteiger partial charge in [0.2, 0.25) is 5.91 Å². The van der Waals surface area contributed by atoms with Gasteiger partial charge in [-0.05, 0) is 19.4 Å². The van der Waals surface area contributed by atoms with E-state index in [1.807, 2.05) is 0 Å². The number of aromatic nitrogens is 1. The minimum absolute atomic E-state index is 0.00570. The van der Waals surface area contributed by atoms with E-state index in [1.54, 1.807) is 38.1 Å². The number of fused-ring (bicyclic) bond motifs is 5. The van der Waals surface area contributed by atoms with Crippen LogP contribution in [-0.4, -0.2) is 60.6 Å². The Morgan fingerprint density at radius 3 is 2.50 bits per heavy atom. The summed E-state index contributed by atoms with van der Waals surface area (Å²) in [5.74, 6) is -2.74. The summed E-state index contributed by atoms with van der Waals surface area (Å²) >= 11 is 0. The molecule has 34 heavy (non-hydrogen) atoms. The van der Waals surface area contributed by atoms with Crippen molar-refractivity contribution < 1.29 is 37.8 Å². The fourth-order valence-electron chi connectivity index (χ4n) is 4.53. The fourth-order valence-corrected chi connectivity index (χ4v) is 4.53. The van der Waals surface area contributed by atoms with Gasteiger partial charge in [-0.25, -0.2) is 4.79 Å². The smallest absolute Gasteiger partial charge is 0.337 e. The Kier molecular flexibility index (Phi) is 5.86. The number of rotatable bonds is 7. The van der Waals surface area contributed by atoms with Crippen molar-refractivity contribution in [1.82, 2.24) is 9.88 Å². The maximum Gasteiger partial charge on any atom is 0.337 e. The van der Waals surface area contributed by atoms with Crippen LogP contribution in [0.1, 0.15) is 31.5 Å². The number of methoxy groups -OCH3 is 1. The number of hydrogen-bond donors (Lipinski definition) is 1. The molecule has 1 aliphatic heterocycles. The van der Waals surface area contributed by atoms with E-state index in [4.69, 9.17) is 24.4 Å². The van der Waals surface area contributed by atoms with E-state index < -0.39 is 42.2 Å². The van der Waals surface area contributed by atoms with Gasteiger partial charge in [-0.2, -0.15) is 4.98 Å². The van der Waals surface area contributed by atoms with Gasteiger partial charge in [0.05, 0.1) is 32.3 Å². The molecule has 178 valence electrons. The highest BCUT2D eigenvalue weighted by Crippen LogP contribution is 2.58. The zero-order valence-corrected chi connectivity index (χ0v) is 18.9. The minimum atomic E-state index is -1.82. The second-order valence-electron chi connectivity index (χ2n) is 7.52. The number of ether oxygens (including phenoxy) is 3. The average molecular weight is 469 g/mol. The molecule has 2 N–H and O–H groups in total. The summed E-state index contributed by atoms with van der Waals surface area (Å²) in [5, 5.41) is 0. The van der Waals surface area contributed by atoms with Crippen LogP contribution in [0, 0.1) is 0 Å². The molecule has 1 aromatic carbocycles. The van der Waals surface area contributed by atoms with Crippen LogP contribution < -0.4 is 5.73 Å². The molecule has 2 aliphatic rings. The summed E-state index contributed by atoms with van der Waals surface area (Å²) < 4.78 is 20.7. The van der Waals surface area contributed by atoms with Crippen molar-refractivity contribution >= 4 is 29.8 Å². The van der Waals surface area contributed by atoms with Crippen molar-refractivity contribution in [3.8, 4) is 11.3 Å². The first-order chi connectivity index (χ1) is 16.3. The van der Waals surface area contributed by atoms with Gasteiger partial charge in [-0.1, -0.05) is 24.3 Å². The highest BCUT2D eigenvalue weighted by Gasteiger charge is 2.64. The summed E-state index contributed by atoms with van der Waals surface area (Å²) in [5.41, 5.74) is 4.83. The van der Waals surface area contributed by atoms with Gasteiger partial charge in [-0.3, -0.25) is 14.4 Å². The normalized spacial score (nSPS) is 18.2. The molecule has 0 saturated carbocycles. The molecule has 1 aromatic heterocycles. The third kappa shape index (κ3) is 3.23. The monoisotopic (exact) mass is 469 g/mol. The predicted octanol–water partition coefficient (Wildman–Crippen LogP) is 1.31. The van der Waals surface area contributed by atoms with Gasteiger partial charge < -0.3 is 29.3 Å². The topological polar surface area (TPSA) is 151 Å². The maximum atomic E-state index is 14.2. The first-order valence-corrected chi connectivity index (χ1v) is 10.6. The van der Waals surface area contributed by atoms with E-state index in [2.05, 4.69) is 4.98 Å². The summed E-state index contributed by atoms with van der Waals surface area (Å²) in [4.78, 5) is 57.7. The molecular formula is C23H23N3O8. The van der Waals surface area contributed by atoms with Gasteiger partial charge in [-0.15, -0.1) is 0 Å². The van der Waals surface area contributed by atoms with E-state index in [-0.39, 0.29) is 42.0 Å². The number of carbonyl (C=O) groups is 4. The third-order valence-corrected chi connectivity index (χ3v) is 5.74. The number of amides is 1. The summed E-state index contributed by atoms with van der Waals surface area (Å²) in [6.45, 7) is 2.79. The highest BCUT2D eigenvalue weighted by atomic mass is 16.5. The molecule has 11 nitrogen and oxygen atoms in total. The molecule has 0 bridgehead atoms. The number of hydrogen-bond acceptors (Lipinski definition) is 10. The molecule has 1 spiro atoms. The van der Waals surface area contributed by atoms with E-state index in [0.29, 0.717) is 11.1 Å². The third-order valence-electron chi connectivity index (χ3n) is 5.74. The number of nitrogen functional groups attached to an aromatic ring is 1. The van der Waals surface area contributed by atoms with E-state index in [0.717, 1.165) is 4.90 Å². The number of nitrogens with zero attached hydrogens (tertiary/aromatic N) is 2. The quantitative estimate of drug-likeness (QED) is 0.464. The first kappa shape index (κ1) is 23.0. The van der Waals surface area contributed by atoms with Crippen LogP contribution in [0.15, 0.2) is 40.0 Å². The van der Waals surface area contributed by atoms with Crippen LogP contribution >= 0.6 is 0 Å². The predicted molar refractivity (Wildman–Crippen MR) is 116 cm³/mol. The zero-order chi connectivity index (χ0) is 24.6. The first-order valence-electron chi connectivity index (χ1n) is 10.6. The van der Waals surface area contributed by atoms with Crippen LogP contribution in [0.2, 0.25) is 0 Å². The lowest BCUT2D eigenvalue weighted by Crippen LogP contribution is -2.44. The Morgan fingerprint density at radius 1 is 1.12 bits per heavy atom. The number of benzene rings is 1. The van der Waals surface area contributed by atoms with E-state index in [9.17, 15) is 19.2 Å². The number of anilines is 1. The largest absolute Gasteiger partial charge is 0.468 e. The fraction of sp³-hybridized carbons (Fsp3) is 0.348. The van der Waals surface area contributed by atoms with Gasteiger partial charge >= 0.3 is 17.9 Å². The van der Waals surface area contributed by atoms with Gasteiger partial charge in [0.25, 0.3) is 6.01 Å². The molecule has 0 fully saturated rings. The zero-order valence-electron chi connectivity index (χ0n) is 18.9. The minimum Gasteiger partial charge on any atom is -0.468 e. The van der Waals surface area contributed by atoms with E-state index >= 15 is 0 Å². The lowest BCUT2D eigenvalue weighted by Gasteiger charge is -2.26. The van der Waals surface area contributed by atoms with Crippen molar-refractivity contribution in [1.29, 1.82) is 0 Å². The Hall–Kier alpha value is -4.15. The SMILES string of the molecule is CCOC(=O)CC1=C(C(=O)OCC)[C@]2(C(=O)N1CC(=O)OC)c1ccccc1-c1oc(N)nc12. The lowest BCUT2D eigenvalue weighted by molar-refractivity contribution is -0.147.